The molecule has 13 rings (SSSR count). The summed E-state index contributed by atoms with van der Waals surface area (Å²) < 4.78 is 5.42. The highest BCUT2D eigenvalue weighted by Gasteiger charge is 2.20. The van der Waals surface area contributed by atoms with E-state index in [1.807, 2.05) is 22.7 Å². The maximum absolute atomic E-state index is 2.45. The Hall–Kier alpha value is -7.10. The lowest BCUT2D eigenvalue weighted by atomic mass is 9.83. The van der Waals surface area contributed by atoms with Gasteiger partial charge in [-0.25, -0.2) is 0 Å². The molecule has 11 aromatic carbocycles. The molecular formula is C58H34S2. The second-order valence-electron chi connectivity index (χ2n) is 15.9. The summed E-state index contributed by atoms with van der Waals surface area (Å²) in [5.74, 6) is 0. The van der Waals surface area contributed by atoms with Crippen molar-refractivity contribution in [2.45, 2.75) is 0 Å². The number of hydrogen-bond acceptors (Lipinski definition) is 2. The van der Waals surface area contributed by atoms with Crippen molar-refractivity contribution in [2.24, 2.45) is 0 Å². The summed E-state index contributed by atoms with van der Waals surface area (Å²) in [6, 6.07) is 76.8. The van der Waals surface area contributed by atoms with Crippen LogP contribution in [0.15, 0.2) is 206 Å². The van der Waals surface area contributed by atoms with Gasteiger partial charge in [0.2, 0.25) is 0 Å². The number of thiophene rings is 2. The van der Waals surface area contributed by atoms with Crippen molar-refractivity contribution in [2.75, 3.05) is 0 Å². The van der Waals surface area contributed by atoms with Gasteiger partial charge in [0.25, 0.3) is 0 Å². The zero-order chi connectivity index (χ0) is 39.3. The first kappa shape index (κ1) is 33.8. The molecule has 0 aliphatic carbocycles. The number of rotatable bonds is 4. The Bertz CT molecular complexity index is 3830. The Morgan fingerprint density at radius 3 is 1.55 bits per heavy atom. The summed E-state index contributed by atoms with van der Waals surface area (Å²) in [6.45, 7) is 0. The predicted molar refractivity (Wildman–Crippen MR) is 264 cm³/mol. The van der Waals surface area contributed by atoms with E-state index in [0.29, 0.717) is 0 Å². The molecule has 0 spiro atoms. The van der Waals surface area contributed by atoms with E-state index < -0.39 is 0 Å². The molecule has 60 heavy (non-hydrogen) atoms. The second kappa shape index (κ2) is 13.2. The van der Waals surface area contributed by atoms with Crippen LogP contribution in [-0.2, 0) is 0 Å². The van der Waals surface area contributed by atoms with Gasteiger partial charge in [0.15, 0.2) is 0 Å². The Morgan fingerprint density at radius 1 is 0.250 bits per heavy atom. The van der Waals surface area contributed by atoms with Crippen LogP contribution in [0, 0.1) is 0 Å². The molecule has 0 aliphatic rings. The second-order valence-corrected chi connectivity index (χ2v) is 18.0. The summed E-state index contributed by atoms with van der Waals surface area (Å²) in [4.78, 5) is 0. The molecule has 0 bridgehead atoms. The maximum atomic E-state index is 2.45. The van der Waals surface area contributed by atoms with Crippen LogP contribution in [-0.4, -0.2) is 0 Å². The lowest BCUT2D eigenvalue weighted by Gasteiger charge is -2.20. The van der Waals surface area contributed by atoms with Crippen molar-refractivity contribution >= 4 is 106 Å². The van der Waals surface area contributed by atoms with E-state index in [9.17, 15) is 0 Å². The minimum Gasteiger partial charge on any atom is -0.135 e. The van der Waals surface area contributed by atoms with Gasteiger partial charge in [0, 0.05) is 45.7 Å². The third-order valence-corrected chi connectivity index (χ3v) is 15.0. The monoisotopic (exact) mass is 794 g/mol. The molecule has 278 valence electrons. The Morgan fingerprint density at radius 2 is 0.800 bits per heavy atom. The van der Waals surface area contributed by atoms with Crippen molar-refractivity contribution in [1.82, 2.24) is 0 Å². The zero-order valence-corrected chi connectivity index (χ0v) is 34.1. The highest BCUT2D eigenvalue weighted by molar-refractivity contribution is 7.28. The lowest BCUT2D eigenvalue weighted by molar-refractivity contribution is 1.61. The quantitative estimate of drug-likeness (QED) is 0.156. The Labute approximate surface area is 354 Å². The minimum absolute atomic E-state index is 1.22. The van der Waals surface area contributed by atoms with E-state index in [1.54, 1.807) is 0 Å². The molecular weight excluding hydrogens is 761 g/mol. The van der Waals surface area contributed by atoms with Gasteiger partial charge in [0.05, 0.1) is 0 Å². The average Bonchev–Trinajstić information content (AvgIpc) is 3.89. The van der Waals surface area contributed by atoms with Crippen molar-refractivity contribution in [3.63, 3.8) is 0 Å². The van der Waals surface area contributed by atoms with E-state index >= 15 is 0 Å². The van der Waals surface area contributed by atoms with Gasteiger partial charge >= 0.3 is 0 Å². The molecule has 0 saturated heterocycles. The van der Waals surface area contributed by atoms with Gasteiger partial charge in [0.1, 0.15) is 0 Å². The van der Waals surface area contributed by atoms with Gasteiger partial charge < -0.3 is 0 Å². The fourth-order valence-electron chi connectivity index (χ4n) is 10.0. The van der Waals surface area contributed by atoms with Crippen LogP contribution in [0.3, 0.4) is 0 Å². The maximum Gasteiger partial charge on any atom is 0.0434 e. The summed E-state index contributed by atoms with van der Waals surface area (Å²) in [7, 11) is 0. The van der Waals surface area contributed by atoms with Crippen LogP contribution in [0.4, 0.5) is 0 Å². The van der Waals surface area contributed by atoms with E-state index in [2.05, 4.69) is 206 Å². The zero-order valence-electron chi connectivity index (χ0n) is 32.4. The SMILES string of the molecule is c1ccc(-c2cccc(-c3c4ccccc4c(-c4ccc(-c5ccc6ccc7c(sc8ccc9sc%10ccccc%10c9c87)c6c5)c5ccccc45)c4ccccc34)c2)cc1. The van der Waals surface area contributed by atoms with E-state index in [1.165, 1.54) is 128 Å². The summed E-state index contributed by atoms with van der Waals surface area (Å²) >= 11 is 3.83. The van der Waals surface area contributed by atoms with E-state index in [0.717, 1.165) is 0 Å². The third kappa shape index (κ3) is 5.02. The topological polar surface area (TPSA) is 0 Å². The van der Waals surface area contributed by atoms with E-state index in [4.69, 9.17) is 0 Å². The normalized spacial score (nSPS) is 12.0. The standard InChI is InChI=1S/C58H34S2/c1-2-13-35(14-3-1)37-15-12-16-39(33-37)54-43-19-6-8-21-45(43)55(46-22-9-7-20-44(46)54)47-30-29-40(41-17-4-5-18-42(41)47)38-26-25-36-27-28-49-57-53(60-58(49)50(36)34-38)32-31-52-56(57)48-23-10-11-24-51(48)59-52/h1-34H. The van der Waals surface area contributed by atoms with Crippen LogP contribution in [0.2, 0.25) is 0 Å². The van der Waals surface area contributed by atoms with Crippen molar-refractivity contribution < 1.29 is 0 Å². The van der Waals surface area contributed by atoms with Gasteiger partial charge in [-0.1, -0.05) is 176 Å². The fourth-order valence-corrected chi connectivity index (χ4v) is 12.4. The third-order valence-electron chi connectivity index (χ3n) is 12.7. The van der Waals surface area contributed by atoms with Crippen LogP contribution >= 0.6 is 22.7 Å². The minimum atomic E-state index is 1.22. The van der Waals surface area contributed by atoms with Crippen LogP contribution in [0.1, 0.15) is 0 Å². The smallest absolute Gasteiger partial charge is 0.0434 e. The predicted octanol–water partition coefficient (Wildman–Crippen LogP) is 17.7. The summed E-state index contributed by atoms with van der Waals surface area (Å²) in [5.41, 5.74) is 9.99. The molecule has 0 aliphatic heterocycles. The molecule has 0 fully saturated rings. The average molecular weight is 795 g/mol. The number of hydrogen-bond donors (Lipinski definition) is 0. The van der Waals surface area contributed by atoms with Gasteiger partial charge in [-0.2, -0.15) is 0 Å². The first-order chi connectivity index (χ1) is 29.8. The summed E-state index contributed by atoms with van der Waals surface area (Å²) in [5, 5.41) is 15.7. The molecule has 0 saturated carbocycles. The van der Waals surface area contributed by atoms with Gasteiger partial charge in [-0.3, -0.25) is 0 Å². The van der Waals surface area contributed by atoms with Crippen LogP contribution in [0.25, 0.3) is 128 Å². The van der Waals surface area contributed by atoms with Crippen molar-refractivity contribution in [1.29, 1.82) is 0 Å². The van der Waals surface area contributed by atoms with Gasteiger partial charge in [-0.15, -0.1) is 22.7 Å². The number of benzene rings is 11. The van der Waals surface area contributed by atoms with Crippen LogP contribution in [0.5, 0.6) is 0 Å². The van der Waals surface area contributed by atoms with Crippen molar-refractivity contribution in [3.05, 3.63) is 206 Å². The molecule has 0 N–H and O–H groups in total. The van der Waals surface area contributed by atoms with Crippen molar-refractivity contribution in [3.8, 4) is 44.5 Å². The Kier molecular flexibility index (Phi) is 7.45. The molecule has 2 heteroatoms. The first-order valence-electron chi connectivity index (χ1n) is 20.6. The highest BCUT2D eigenvalue weighted by atomic mass is 32.1. The molecule has 0 amide bonds. The largest absolute Gasteiger partial charge is 0.135 e. The molecule has 0 atom stereocenters. The molecule has 13 aromatic rings. The molecule has 0 radical (unpaired) electrons. The van der Waals surface area contributed by atoms with Crippen LogP contribution < -0.4 is 0 Å². The Balaban J connectivity index is 1.02. The van der Waals surface area contributed by atoms with Gasteiger partial charge in [-0.05, 0) is 113 Å². The molecule has 0 unspecified atom stereocenters. The lowest BCUT2D eigenvalue weighted by Crippen LogP contribution is -1.92. The highest BCUT2D eigenvalue weighted by Crippen LogP contribution is 2.49. The van der Waals surface area contributed by atoms with E-state index in [-0.39, 0.29) is 0 Å². The number of fused-ring (bicyclic) bond motifs is 12. The molecule has 0 nitrogen and oxygen atoms in total. The molecule has 2 aromatic heterocycles. The molecule has 2 heterocycles. The first-order valence-corrected chi connectivity index (χ1v) is 22.2. The summed E-state index contributed by atoms with van der Waals surface area (Å²) in [6.07, 6.45) is 0. The fraction of sp³-hybridized carbons (Fsp3) is 0.